The molecular weight excluding hydrogens is 534 g/mol. The van der Waals surface area contributed by atoms with Crippen molar-refractivity contribution in [2.45, 2.75) is 16.7 Å². The standard InChI is InChI=1S/C25H21N3O8S2/c1-14-8-9-16(13-20(14)28-24(29)15-4-2-5-17(26)12-15)25(30)27-19-10-11-21(37(31,32)33)18-6-3-7-22(23(18)19)38(34,35)36/h2-13H,26H2,1H3,(H,27,30)(H,28,29)(H,31,32,33)(H,34,35,36). The summed E-state index contributed by atoms with van der Waals surface area (Å²) in [4.78, 5) is 24.5. The van der Waals surface area contributed by atoms with Crippen LogP contribution in [-0.4, -0.2) is 37.8 Å². The fourth-order valence-corrected chi connectivity index (χ4v) is 5.27. The first-order chi connectivity index (χ1) is 17.8. The molecule has 4 aromatic rings. The number of aryl methyl sites for hydroxylation is 1. The van der Waals surface area contributed by atoms with Crippen LogP contribution in [0.15, 0.2) is 82.6 Å². The highest BCUT2D eigenvalue weighted by Gasteiger charge is 2.23. The summed E-state index contributed by atoms with van der Waals surface area (Å²) in [5.41, 5.74) is 7.36. The van der Waals surface area contributed by atoms with E-state index in [9.17, 15) is 35.5 Å². The van der Waals surface area contributed by atoms with E-state index in [0.29, 0.717) is 22.5 Å². The number of hydrogen-bond donors (Lipinski definition) is 5. The smallest absolute Gasteiger partial charge is 0.295 e. The van der Waals surface area contributed by atoms with Gasteiger partial charge in [-0.2, -0.15) is 16.8 Å². The van der Waals surface area contributed by atoms with E-state index in [1.54, 1.807) is 31.2 Å². The van der Waals surface area contributed by atoms with Gasteiger partial charge in [0.1, 0.15) is 9.79 Å². The van der Waals surface area contributed by atoms with Gasteiger partial charge < -0.3 is 16.4 Å². The summed E-state index contributed by atoms with van der Waals surface area (Å²) in [5, 5.41) is 4.67. The molecule has 4 aromatic carbocycles. The number of amides is 2. The Balaban J connectivity index is 1.74. The van der Waals surface area contributed by atoms with Crippen molar-refractivity contribution in [1.82, 2.24) is 0 Å². The number of carbonyl (C=O) groups excluding carboxylic acids is 2. The zero-order valence-electron chi connectivity index (χ0n) is 19.7. The molecule has 0 aliphatic rings. The van der Waals surface area contributed by atoms with Crippen molar-refractivity contribution in [3.63, 3.8) is 0 Å². The predicted molar refractivity (Wildman–Crippen MR) is 142 cm³/mol. The van der Waals surface area contributed by atoms with Gasteiger partial charge in [0.15, 0.2) is 0 Å². The molecule has 0 bridgehead atoms. The van der Waals surface area contributed by atoms with Crippen LogP contribution < -0.4 is 16.4 Å². The second-order valence-electron chi connectivity index (χ2n) is 8.30. The number of nitrogens with two attached hydrogens (primary N) is 1. The molecule has 0 radical (unpaired) electrons. The molecule has 0 aliphatic heterocycles. The molecular formula is C25H21N3O8S2. The Morgan fingerprint density at radius 3 is 1.95 bits per heavy atom. The molecule has 2 amide bonds. The first-order valence-electron chi connectivity index (χ1n) is 10.9. The quantitative estimate of drug-likeness (QED) is 0.174. The van der Waals surface area contributed by atoms with E-state index in [2.05, 4.69) is 10.6 Å². The second kappa shape index (κ2) is 9.87. The minimum absolute atomic E-state index is 0.0785. The monoisotopic (exact) mass is 555 g/mol. The number of fused-ring (bicyclic) bond motifs is 1. The minimum Gasteiger partial charge on any atom is -0.399 e. The van der Waals surface area contributed by atoms with E-state index >= 15 is 0 Å². The Kier molecular flexibility index (Phi) is 6.95. The van der Waals surface area contributed by atoms with E-state index in [-0.39, 0.29) is 22.0 Å². The van der Waals surface area contributed by atoms with Crippen molar-refractivity contribution in [3.05, 3.63) is 89.5 Å². The van der Waals surface area contributed by atoms with Gasteiger partial charge >= 0.3 is 0 Å². The van der Waals surface area contributed by atoms with Gasteiger partial charge in [0, 0.05) is 33.3 Å². The molecule has 0 saturated carbocycles. The Labute approximate surface area is 217 Å². The van der Waals surface area contributed by atoms with Crippen molar-refractivity contribution < 1.29 is 35.5 Å². The van der Waals surface area contributed by atoms with Crippen LogP contribution in [0.1, 0.15) is 26.3 Å². The fraction of sp³-hybridized carbons (Fsp3) is 0.0400. The number of nitrogens with one attached hydrogen (secondary N) is 2. The highest BCUT2D eigenvalue weighted by molar-refractivity contribution is 7.86. The number of anilines is 3. The van der Waals surface area contributed by atoms with Crippen molar-refractivity contribution >= 4 is 59.9 Å². The zero-order valence-corrected chi connectivity index (χ0v) is 21.3. The molecule has 0 fully saturated rings. The van der Waals surface area contributed by atoms with Crippen LogP contribution in [0.25, 0.3) is 10.8 Å². The third-order valence-corrected chi connectivity index (χ3v) is 7.47. The number of hydrogen-bond acceptors (Lipinski definition) is 7. The van der Waals surface area contributed by atoms with Crippen molar-refractivity contribution in [2.24, 2.45) is 0 Å². The molecule has 0 saturated heterocycles. The summed E-state index contributed by atoms with van der Waals surface area (Å²) in [6, 6.07) is 16.3. The van der Waals surface area contributed by atoms with Crippen LogP contribution in [0.5, 0.6) is 0 Å². The van der Waals surface area contributed by atoms with E-state index in [0.717, 1.165) is 18.2 Å². The lowest BCUT2D eigenvalue weighted by Gasteiger charge is -2.15. The van der Waals surface area contributed by atoms with Gasteiger partial charge in [-0.05, 0) is 61.0 Å². The summed E-state index contributed by atoms with van der Waals surface area (Å²) in [5.74, 6) is -1.18. The van der Waals surface area contributed by atoms with Gasteiger partial charge in [0.05, 0.1) is 5.69 Å². The van der Waals surface area contributed by atoms with Crippen LogP contribution in [0.2, 0.25) is 0 Å². The number of nitrogen functional groups attached to an aromatic ring is 1. The predicted octanol–water partition coefficient (Wildman–Crippen LogP) is 3.73. The molecule has 0 aromatic heterocycles. The van der Waals surface area contributed by atoms with E-state index in [1.165, 1.54) is 30.3 Å². The van der Waals surface area contributed by atoms with Crippen molar-refractivity contribution in [2.75, 3.05) is 16.4 Å². The van der Waals surface area contributed by atoms with Crippen LogP contribution in [0.3, 0.4) is 0 Å². The lowest BCUT2D eigenvalue weighted by atomic mass is 10.1. The third-order valence-electron chi connectivity index (χ3n) is 5.66. The molecule has 196 valence electrons. The largest absolute Gasteiger partial charge is 0.399 e. The average molecular weight is 556 g/mol. The summed E-state index contributed by atoms with van der Waals surface area (Å²) in [7, 11) is -9.63. The maximum absolute atomic E-state index is 13.1. The first-order valence-corrected chi connectivity index (χ1v) is 13.7. The molecule has 11 nitrogen and oxygen atoms in total. The van der Waals surface area contributed by atoms with Crippen LogP contribution in [0, 0.1) is 6.92 Å². The van der Waals surface area contributed by atoms with Crippen molar-refractivity contribution in [3.8, 4) is 0 Å². The molecule has 0 aliphatic carbocycles. The van der Waals surface area contributed by atoms with Gasteiger partial charge in [-0.3, -0.25) is 18.7 Å². The van der Waals surface area contributed by atoms with Gasteiger partial charge in [-0.15, -0.1) is 0 Å². The Morgan fingerprint density at radius 1 is 0.711 bits per heavy atom. The second-order valence-corrected chi connectivity index (χ2v) is 11.1. The fourth-order valence-electron chi connectivity index (χ4n) is 3.86. The average Bonchev–Trinajstić information content (AvgIpc) is 2.83. The minimum atomic E-state index is -4.85. The van der Waals surface area contributed by atoms with Crippen LogP contribution in [0.4, 0.5) is 17.1 Å². The molecule has 38 heavy (non-hydrogen) atoms. The van der Waals surface area contributed by atoms with Gasteiger partial charge in [-0.25, -0.2) is 0 Å². The van der Waals surface area contributed by atoms with Crippen LogP contribution in [-0.2, 0) is 20.2 Å². The highest BCUT2D eigenvalue weighted by Crippen LogP contribution is 2.35. The summed E-state index contributed by atoms with van der Waals surface area (Å²) < 4.78 is 67.1. The zero-order chi connectivity index (χ0) is 27.8. The Morgan fingerprint density at radius 2 is 1.32 bits per heavy atom. The normalized spacial score (nSPS) is 11.8. The van der Waals surface area contributed by atoms with E-state index < -0.39 is 41.8 Å². The SMILES string of the molecule is Cc1ccc(C(=O)Nc2ccc(S(=O)(=O)O)c3cccc(S(=O)(=O)O)c23)cc1NC(=O)c1cccc(N)c1. The van der Waals surface area contributed by atoms with Gasteiger partial charge in [0.2, 0.25) is 0 Å². The lowest BCUT2D eigenvalue weighted by molar-refractivity contribution is 0.101. The molecule has 6 N–H and O–H groups in total. The first kappa shape index (κ1) is 26.8. The number of benzene rings is 4. The summed E-state index contributed by atoms with van der Waals surface area (Å²) >= 11 is 0. The molecule has 13 heteroatoms. The van der Waals surface area contributed by atoms with E-state index in [4.69, 9.17) is 5.73 Å². The van der Waals surface area contributed by atoms with Crippen molar-refractivity contribution in [1.29, 1.82) is 0 Å². The Bertz CT molecular complexity index is 1840. The molecule has 0 spiro atoms. The summed E-state index contributed by atoms with van der Waals surface area (Å²) in [6.07, 6.45) is 0. The van der Waals surface area contributed by atoms with Gasteiger partial charge in [-0.1, -0.05) is 24.3 Å². The molecule has 0 atom stereocenters. The van der Waals surface area contributed by atoms with Gasteiger partial charge in [0.25, 0.3) is 32.1 Å². The highest BCUT2D eigenvalue weighted by atomic mass is 32.2. The molecule has 0 unspecified atom stereocenters. The van der Waals surface area contributed by atoms with Crippen LogP contribution >= 0.6 is 0 Å². The maximum atomic E-state index is 13.1. The number of carbonyl (C=O) groups is 2. The lowest BCUT2D eigenvalue weighted by Crippen LogP contribution is -2.16. The molecule has 0 heterocycles. The molecule has 4 rings (SSSR count). The third kappa shape index (κ3) is 5.50. The Hall–Kier alpha value is -4.30. The van der Waals surface area contributed by atoms with E-state index in [1.807, 2.05) is 0 Å². The summed E-state index contributed by atoms with van der Waals surface area (Å²) in [6.45, 7) is 1.72. The number of rotatable bonds is 6. The maximum Gasteiger partial charge on any atom is 0.295 e. The topological polar surface area (TPSA) is 193 Å².